The van der Waals surface area contributed by atoms with Crippen LogP contribution in [0, 0.1) is 0 Å². The molecule has 0 fully saturated rings. The number of amides is 2. The predicted molar refractivity (Wildman–Crippen MR) is 141 cm³/mol. The molecule has 11 nitrogen and oxygen atoms in total. The molecule has 0 radical (unpaired) electrons. The number of aromatic nitrogens is 2. The average Bonchev–Trinajstić information content (AvgIpc) is 2.85. The number of nitrogens with one attached hydrogen (secondary N) is 4. The number of rotatable bonds is 10. The third kappa shape index (κ3) is 8.56. The van der Waals surface area contributed by atoms with Crippen LogP contribution in [0.5, 0.6) is 0 Å². The zero-order valence-electron chi connectivity index (χ0n) is 21.1. The molecule has 0 saturated carbocycles. The molecule has 0 bridgehead atoms. The Kier molecular flexibility index (Phi) is 8.96. The lowest BCUT2D eigenvalue weighted by atomic mass is 10.2. The van der Waals surface area contributed by atoms with E-state index in [2.05, 4.69) is 31.2 Å². The van der Waals surface area contributed by atoms with E-state index in [9.17, 15) is 31.2 Å². The fourth-order valence-electron chi connectivity index (χ4n) is 3.24. The van der Waals surface area contributed by atoms with Crippen molar-refractivity contribution in [2.75, 3.05) is 40.1 Å². The van der Waals surface area contributed by atoms with Crippen molar-refractivity contribution in [3.05, 3.63) is 65.9 Å². The van der Waals surface area contributed by atoms with Crippen LogP contribution in [0.1, 0.15) is 18.1 Å². The summed E-state index contributed by atoms with van der Waals surface area (Å²) < 4.78 is 65.6. The monoisotopic (exact) mass is 565 g/mol. The lowest BCUT2D eigenvalue weighted by Crippen LogP contribution is -2.31. The first-order valence-electron chi connectivity index (χ1n) is 11.3. The quantitative estimate of drug-likeness (QED) is 0.293. The van der Waals surface area contributed by atoms with E-state index in [0.29, 0.717) is 28.8 Å². The molecule has 0 aliphatic carbocycles. The minimum Gasteiger partial charge on any atom is -0.365 e. The maximum atomic E-state index is 13.6. The summed E-state index contributed by atoms with van der Waals surface area (Å²) in [7, 11) is -2.15. The Morgan fingerprint density at radius 2 is 1.74 bits per heavy atom. The molecule has 0 unspecified atom stereocenters. The Morgan fingerprint density at radius 1 is 1.05 bits per heavy atom. The van der Waals surface area contributed by atoms with Gasteiger partial charge in [-0.3, -0.25) is 13.9 Å². The fourth-order valence-corrected chi connectivity index (χ4v) is 3.73. The van der Waals surface area contributed by atoms with Crippen molar-refractivity contribution in [3.8, 4) is 0 Å². The van der Waals surface area contributed by atoms with E-state index in [-0.39, 0.29) is 24.9 Å². The van der Waals surface area contributed by atoms with Gasteiger partial charge >= 0.3 is 6.18 Å². The highest BCUT2D eigenvalue weighted by molar-refractivity contribution is 7.92. The van der Waals surface area contributed by atoms with Crippen molar-refractivity contribution >= 4 is 50.7 Å². The molecule has 208 valence electrons. The normalized spacial score (nSPS) is 11.4. The predicted octanol–water partition coefficient (Wildman–Crippen LogP) is 3.32. The molecule has 0 saturated heterocycles. The SMILES string of the molecule is CC(=O)NCC(=O)Nc1cccc(Nc2ncc(C(F)(F)F)c(NCc3cccc(N(C)S(C)(=O)=O)c3)n2)c1. The Balaban J connectivity index is 1.79. The molecule has 0 spiro atoms. The molecule has 3 aromatic rings. The molecule has 39 heavy (non-hydrogen) atoms. The Bertz CT molecular complexity index is 1470. The first-order valence-corrected chi connectivity index (χ1v) is 13.2. The first kappa shape index (κ1) is 29.2. The molecule has 0 aliphatic rings. The number of halogens is 3. The Hall–Kier alpha value is -4.40. The second-order valence-corrected chi connectivity index (χ2v) is 10.4. The third-order valence-electron chi connectivity index (χ3n) is 5.23. The van der Waals surface area contributed by atoms with E-state index in [1.54, 1.807) is 36.4 Å². The molecule has 0 atom stereocenters. The maximum absolute atomic E-state index is 13.6. The standard InChI is InChI=1S/C24H26F3N7O4S/c1-15(35)28-14-21(36)31-17-7-5-8-18(11-17)32-23-30-13-20(24(25,26)27)22(33-23)29-12-16-6-4-9-19(10-16)34(2)39(3,37)38/h4-11,13H,12,14H2,1-3H3,(H,28,35)(H,31,36)(H2,29,30,32,33). The van der Waals surface area contributed by atoms with Gasteiger partial charge in [-0.2, -0.15) is 18.2 Å². The summed E-state index contributed by atoms with van der Waals surface area (Å²) in [5.74, 6) is -1.45. The summed E-state index contributed by atoms with van der Waals surface area (Å²) >= 11 is 0. The van der Waals surface area contributed by atoms with E-state index in [1.165, 1.54) is 26.1 Å². The Labute approximate surface area is 222 Å². The van der Waals surface area contributed by atoms with E-state index in [4.69, 9.17) is 0 Å². The highest BCUT2D eigenvalue weighted by Gasteiger charge is 2.35. The number of carbonyl (C=O) groups is 2. The van der Waals surface area contributed by atoms with E-state index < -0.39 is 33.5 Å². The summed E-state index contributed by atoms with van der Waals surface area (Å²) in [5.41, 5.74) is 0.541. The van der Waals surface area contributed by atoms with E-state index in [1.807, 2.05) is 0 Å². The van der Waals surface area contributed by atoms with Crippen molar-refractivity contribution in [1.29, 1.82) is 0 Å². The number of hydrogen-bond acceptors (Lipinski definition) is 8. The third-order valence-corrected chi connectivity index (χ3v) is 6.43. The number of alkyl halides is 3. The molecular weight excluding hydrogens is 539 g/mol. The molecule has 2 amide bonds. The summed E-state index contributed by atoms with van der Waals surface area (Å²) in [4.78, 5) is 30.7. The maximum Gasteiger partial charge on any atom is 0.421 e. The largest absolute Gasteiger partial charge is 0.421 e. The van der Waals surface area contributed by atoms with Gasteiger partial charge in [0, 0.05) is 38.1 Å². The van der Waals surface area contributed by atoms with Gasteiger partial charge < -0.3 is 21.3 Å². The van der Waals surface area contributed by atoms with Crippen LogP contribution in [0.3, 0.4) is 0 Å². The van der Waals surface area contributed by atoms with Crippen molar-refractivity contribution in [3.63, 3.8) is 0 Å². The molecule has 15 heteroatoms. The van der Waals surface area contributed by atoms with Crippen molar-refractivity contribution in [2.45, 2.75) is 19.6 Å². The van der Waals surface area contributed by atoms with Gasteiger partial charge in [-0.1, -0.05) is 18.2 Å². The zero-order valence-corrected chi connectivity index (χ0v) is 21.9. The minimum atomic E-state index is -4.74. The molecule has 1 heterocycles. The van der Waals surface area contributed by atoms with Crippen molar-refractivity contribution in [2.24, 2.45) is 0 Å². The van der Waals surface area contributed by atoms with Crippen LogP contribution in [0.15, 0.2) is 54.7 Å². The fraction of sp³-hybridized carbons (Fsp3) is 0.250. The second kappa shape index (κ2) is 12.0. The van der Waals surface area contributed by atoms with Crippen molar-refractivity contribution < 1.29 is 31.2 Å². The van der Waals surface area contributed by atoms with Gasteiger partial charge in [0.15, 0.2) is 0 Å². The number of anilines is 5. The average molecular weight is 566 g/mol. The van der Waals surface area contributed by atoms with Gasteiger partial charge in [0.25, 0.3) is 0 Å². The Morgan fingerprint density at radius 3 is 2.41 bits per heavy atom. The number of carbonyl (C=O) groups excluding carboxylic acids is 2. The van der Waals surface area contributed by atoms with Crippen LogP contribution in [-0.2, 0) is 32.3 Å². The van der Waals surface area contributed by atoms with Crippen LogP contribution in [0.4, 0.5) is 42.0 Å². The lowest BCUT2D eigenvalue weighted by Gasteiger charge is -2.18. The molecule has 0 aliphatic heterocycles. The number of benzene rings is 2. The van der Waals surface area contributed by atoms with Gasteiger partial charge in [-0.25, -0.2) is 13.4 Å². The number of hydrogen-bond donors (Lipinski definition) is 4. The zero-order chi connectivity index (χ0) is 28.8. The van der Waals surface area contributed by atoms with Gasteiger partial charge in [0.1, 0.15) is 11.4 Å². The first-order chi connectivity index (χ1) is 18.2. The molecule has 2 aromatic carbocycles. The molecular formula is C24H26F3N7O4S. The number of sulfonamides is 1. The van der Waals surface area contributed by atoms with Crippen molar-refractivity contribution in [1.82, 2.24) is 15.3 Å². The highest BCUT2D eigenvalue weighted by atomic mass is 32.2. The van der Waals surface area contributed by atoms with Crippen LogP contribution < -0.4 is 25.6 Å². The summed E-state index contributed by atoms with van der Waals surface area (Å²) in [6.07, 6.45) is -3.06. The summed E-state index contributed by atoms with van der Waals surface area (Å²) in [6.45, 7) is 0.970. The van der Waals surface area contributed by atoms with E-state index >= 15 is 0 Å². The lowest BCUT2D eigenvalue weighted by molar-refractivity contribution is -0.137. The summed E-state index contributed by atoms with van der Waals surface area (Å²) in [5, 5.41) is 10.4. The van der Waals surface area contributed by atoms with Gasteiger partial charge in [0.2, 0.25) is 27.8 Å². The minimum absolute atomic E-state index is 0.0825. The highest BCUT2D eigenvalue weighted by Crippen LogP contribution is 2.34. The molecule has 1 aromatic heterocycles. The van der Waals surface area contributed by atoms with Crippen LogP contribution in [0.25, 0.3) is 0 Å². The summed E-state index contributed by atoms with van der Waals surface area (Å²) in [6, 6.07) is 12.6. The van der Waals surface area contributed by atoms with Gasteiger partial charge in [-0.15, -0.1) is 0 Å². The topological polar surface area (TPSA) is 145 Å². The van der Waals surface area contributed by atoms with E-state index in [0.717, 1.165) is 10.6 Å². The van der Waals surface area contributed by atoms with Crippen LogP contribution >= 0.6 is 0 Å². The smallest absolute Gasteiger partial charge is 0.365 e. The van der Waals surface area contributed by atoms with Crippen LogP contribution in [0.2, 0.25) is 0 Å². The van der Waals surface area contributed by atoms with Gasteiger partial charge in [-0.05, 0) is 35.9 Å². The second-order valence-electron chi connectivity index (χ2n) is 8.37. The molecule has 3 rings (SSSR count). The van der Waals surface area contributed by atoms with Crippen LogP contribution in [-0.4, -0.2) is 50.0 Å². The number of nitrogens with zero attached hydrogens (tertiary/aromatic N) is 3. The van der Waals surface area contributed by atoms with Gasteiger partial charge in [0.05, 0.1) is 18.5 Å². The molecule has 4 N–H and O–H groups in total.